The lowest BCUT2D eigenvalue weighted by atomic mass is 10.1. The Balaban J connectivity index is 2.22. The highest BCUT2D eigenvalue weighted by molar-refractivity contribution is 7.71. The van der Waals surface area contributed by atoms with Gasteiger partial charge in [-0.1, -0.05) is 13.8 Å². The number of hydrogen-bond acceptors (Lipinski definition) is 2. The molecule has 1 aromatic carbocycles. The van der Waals surface area contributed by atoms with Crippen molar-refractivity contribution in [2.45, 2.75) is 32.7 Å². The lowest BCUT2D eigenvalue weighted by molar-refractivity contribution is 0.478. The van der Waals surface area contributed by atoms with Crippen LogP contribution in [0.1, 0.15) is 32.7 Å². The molecule has 5 heteroatoms. The second kappa shape index (κ2) is 5.25. The number of benzene rings is 1. The van der Waals surface area contributed by atoms with Gasteiger partial charge in [-0.05, 0) is 43.3 Å². The van der Waals surface area contributed by atoms with Gasteiger partial charge in [0.1, 0.15) is 0 Å². The first-order valence-corrected chi connectivity index (χ1v) is 7.38. The number of fused-ring (bicyclic) bond motifs is 1. The van der Waals surface area contributed by atoms with E-state index in [2.05, 4.69) is 46.6 Å². The maximum atomic E-state index is 5.49. The summed E-state index contributed by atoms with van der Waals surface area (Å²) < 4.78 is 5.05. The van der Waals surface area contributed by atoms with Crippen LogP contribution in [0.25, 0.3) is 16.7 Å². The minimum absolute atomic E-state index is 0.439. The predicted molar refractivity (Wildman–Crippen MR) is 83.9 cm³/mol. The molecule has 0 aliphatic heterocycles. The highest BCUT2D eigenvalue weighted by Gasteiger charge is 2.12. The summed E-state index contributed by atoms with van der Waals surface area (Å²) in [6.45, 7) is 4.41. The van der Waals surface area contributed by atoms with E-state index in [0.717, 1.165) is 34.3 Å². The van der Waals surface area contributed by atoms with E-state index < -0.39 is 0 Å². The summed E-state index contributed by atoms with van der Waals surface area (Å²) in [6.07, 6.45) is 7.70. The zero-order valence-corrected chi connectivity index (χ0v) is 12.5. The van der Waals surface area contributed by atoms with Crippen LogP contribution in [0.15, 0.2) is 36.9 Å². The number of nitrogens with one attached hydrogen (secondary N) is 1. The SMILES string of the molecule is CCC(CC)n1c(=S)[nH]c2ccc(-n3ccnc3)cc21. The van der Waals surface area contributed by atoms with Crippen LogP contribution in [0.2, 0.25) is 0 Å². The molecule has 104 valence electrons. The lowest BCUT2D eigenvalue weighted by Crippen LogP contribution is -2.07. The lowest BCUT2D eigenvalue weighted by Gasteiger charge is -2.16. The van der Waals surface area contributed by atoms with E-state index in [-0.39, 0.29) is 0 Å². The van der Waals surface area contributed by atoms with Crippen LogP contribution in [0.4, 0.5) is 0 Å². The van der Waals surface area contributed by atoms with E-state index in [1.807, 2.05) is 17.1 Å². The molecule has 0 saturated heterocycles. The van der Waals surface area contributed by atoms with Gasteiger partial charge in [0.25, 0.3) is 0 Å². The van der Waals surface area contributed by atoms with Crippen LogP contribution in [-0.4, -0.2) is 19.1 Å². The molecule has 0 radical (unpaired) electrons. The van der Waals surface area contributed by atoms with Crippen LogP contribution in [0.3, 0.4) is 0 Å². The summed E-state index contributed by atoms with van der Waals surface area (Å²) >= 11 is 5.49. The fourth-order valence-corrected chi connectivity index (χ4v) is 3.06. The van der Waals surface area contributed by atoms with Crippen molar-refractivity contribution < 1.29 is 0 Å². The fourth-order valence-electron chi connectivity index (χ4n) is 2.70. The first-order chi connectivity index (χ1) is 9.74. The molecule has 0 unspecified atom stereocenters. The first kappa shape index (κ1) is 13.1. The van der Waals surface area contributed by atoms with Crippen LogP contribution in [0.5, 0.6) is 0 Å². The third-order valence-corrected chi connectivity index (χ3v) is 4.11. The average Bonchev–Trinajstić information content (AvgIpc) is 3.08. The maximum Gasteiger partial charge on any atom is 0.178 e. The van der Waals surface area contributed by atoms with Crippen molar-refractivity contribution in [3.8, 4) is 5.69 Å². The molecule has 0 atom stereocenters. The van der Waals surface area contributed by atoms with Crippen molar-refractivity contribution in [2.24, 2.45) is 0 Å². The van der Waals surface area contributed by atoms with E-state index in [4.69, 9.17) is 12.2 Å². The van der Waals surface area contributed by atoms with E-state index in [0.29, 0.717) is 6.04 Å². The molecular weight excluding hydrogens is 268 g/mol. The Labute approximate surface area is 123 Å². The average molecular weight is 286 g/mol. The van der Waals surface area contributed by atoms with Gasteiger partial charge in [0, 0.05) is 24.1 Å². The zero-order valence-electron chi connectivity index (χ0n) is 11.7. The number of rotatable bonds is 4. The second-order valence-electron chi connectivity index (χ2n) is 4.94. The summed E-state index contributed by atoms with van der Waals surface area (Å²) in [6, 6.07) is 6.77. The van der Waals surface area contributed by atoms with E-state index in [9.17, 15) is 0 Å². The summed E-state index contributed by atoms with van der Waals surface area (Å²) in [5.41, 5.74) is 3.35. The van der Waals surface area contributed by atoms with E-state index in [1.54, 1.807) is 6.20 Å². The standard InChI is InChI=1S/C15H18N4S/c1-3-11(4-2)19-14-9-12(18-8-7-16-10-18)5-6-13(14)17-15(19)20/h5-11H,3-4H2,1-2H3,(H,17,20). The van der Waals surface area contributed by atoms with Crippen LogP contribution >= 0.6 is 12.2 Å². The molecule has 20 heavy (non-hydrogen) atoms. The molecule has 0 aliphatic rings. The largest absolute Gasteiger partial charge is 0.331 e. The second-order valence-corrected chi connectivity index (χ2v) is 5.33. The molecule has 0 fully saturated rings. The summed E-state index contributed by atoms with van der Waals surface area (Å²) in [5, 5.41) is 0. The topological polar surface area (TPSA) is 38.5 Å². The van der Waals surface area contributed by atoms with Crippen molar-refractivity contribution in [2.75, 3.05) is 0 Å². The van der Waals surface area contributed by atoms with Gasteiger partial charge in [-0.25, -0.2) is 4.98 Å². The Hall–Kier alpha value is -1.88. The van der Waals surface area contributed by atoms with Crippen LogP contribution in [0, 0.1) is 4.77 Å². The summed E-state index contributed by atoms with van der Waals surface area (Å²) in [5.74, 6) is 0. The van der Waals surface area contributed by atoms with Gasteiger partial charge in [-0.2, -0.15) is 0 Å². The van der Waals surface area contributed by atoms with Crippen molar-refractivity contribution in [3.05, 3.63) is 41.7 Å². The molecular formula is C15H18N4S. The Morgan fingerprint density at radius 3 is 2.75 bits per heavy atom. The van der Waals surface area contributed by atoms with Crippen LogP contribution in [-0.2, 0) is 0 Å². The number of aromatic amines is 1. The van der Waals surface area contributed by atoms with E-state index >= 15 is 0 Å². The monoisotopic (exact) mass is 286 g/mol. The molecule has 2 heterocycles. The number of imidazole rings is 2. The third kappa shape index (κ3) is 2.08. The predicted octanol–water partition coefficient (Wildman–Crippen LogP) is 4.25. The minimum atomic E-state index is 0.439. The number of hydrogen-bond donors (Lipinski definition) is 1. The Kier molecular flexibility index (Phi) is 3.44. The number of nitrogens with zero attached hydrogens (tertiary/aromatic N) is 3. The number of aromatic nitrogens is 4. The van der Waals surface area contributed by atoms with Gasteiger partial charge in [0.05, 0.1) is 17.4 Å². The minimum Gasteiger partial charge on any atom is -0.331 e. The van der Waals surface area contributed by atoms with E-state index in [1.165, 1.54) is 0 Å². The molecule has 0 amide bonds. The molecule has 0 saturated carbocycles. The molecule has 0 bridgehead atoms. The molecule has 3 rings (SSSR count). The van der Waals surface area contributed by atoms with Crippen molar-refractivity contribution in [1.82, 2.24) is 19.1 Å². The van der Waals surface area contributed by atoms with Gasteiger partial charge >= 0.3 is 0 Å². The Morgan fingerprint density at radius 2 is 2.10 bits per heavy atom. The molecule has 1 N–H and O–H groups in total. The van der Waals surface area contributed by atoms with Crippen molar-refractivity contribution in [3.63, 3.8) is 0 Å². The molecule has 0 aliphatic carbocycles. The first-order valence-electron chi connectivity index (χ1n) is 6.97. The van der Waals surface area contributed by atoms with Gasteiger partial charge in [0.2, 0.25) is 0 Å². The van der Waals surface area contributed by atoms with Crippen molar-refractivity contribution >= 4 is 23.3 Å². The zero-order chi connectivity index (χ0) is 14.1. The molecule has 4 nitrogen and oxygen atoms in total. The quantitative estimate of drug-likeness (QED) is 0.728. The number of H-pyrrole nitrogens is 1. The summed E-state index contributed by atoms with van der Waals surface area (Å²) in [7, 11) is 0. The third-order valence-electron chi connectivity index (χ3n) is 3.81. The van der Waals surface area contributed by atoms with Gasteiger partial charge in [0.15, 0.2) is 4.77 Å². The highest BCUT2D eigenvalue weighted by Crippen LogP contribution is 2.25. The Morgan fingerprint density at radius 1 is 1.30 bits per heavy atom. The maximum absolute atomic E-state index is 5.49. The molecule has 0 spiro atoms. The van der Waals surface area contributed by atoms with Crippen LogP contribution < -0.4 is 0 Å². The normalized spacial score (nSPS) is 11.6. The van der Waals surface area contributed by atoms with Gasteiger partial charge in [-0.15, -0.1) is 0 Å². The summed E-state index contributed by atoms with van der Waals surface area (Å²) in [4.78, 5) is 7.40. The van der Waals surface area contributed by atoms with Gasteiger partial charge in [-0.3, -0.25) is 0 Å². The smallest absolute Gasteiger partial charge is 0.178 e. The fraction of sp³-hybridized carbons (Fsp3) is 0.333. The Bertz CT molecular complexity index is 763. The molecule has 3 aromatic rings. The molecule has 2 aromatic heterocycles. The van der Waals surface area contributed by atoms with Crippen molar-refractivity contribution in [1.29, 1.82) is 0 Å². The highest BCUT2D eigenvalue weighted by atomic mass is 32.1. The van der Waals surface area contributed by atoms with Gasteiger partial charge < -0.3 is 14.1 Å².